The number of piperidine rings is 1. The fraction of sp³-hybridized carbons (Fsp3) is 0.391. The predicted octanol–water partition coefficient (Wildman–Crippen LogP) is 3.31. The van der Waals surface area contributed by atoms with Crippen molar-refractivity contribution in [3.63, 3.8) is 0 Å². The summed E-state index contributed by atoms with van der Waals surface area (Å²) in [5.41, 5.74) is 1.83. The Morgan fingerprint density at radius 2 is 1.65 bits per heavy atom. The van der Waals surface area contributed by atoms with Crippen LogP contribution in [-0.2, 0) is 10.0 Å². The summed E-state index contributed by atoms with van der Waals surface area (Å²) >= 11 is 0. The van der Waals surface area contributed by atoms with E-state index in [1.165, 1.54) is 10.4 Å². The van der Waals surface area contributed by atoms with E-state index in [4.69, 9.17) is 0 Å². The number of anilines is 1. The fourth-order valence-corrected chi connectivity index (χ4v) is 5.47. The van der Waals surface area contributed by atoms with Crippen molar-refractivity contribution in [2.45, 2.75) is 50.0 Å². The molecule has 164 valence electrons. The van der Waals surface area contributed by atoms with Gasteiger partial charge in [-0.15, -0.1) is 0 Å². The van der Waals surface area contributed by atoms with Gasteiger partial charge in [0.15, 0.2) is 0 Å². The third-order valence-corrected chi connectivity index (χ3v) is 7.72. The molecule has 0 spiro atoms. The predicted molar refractivity (Wildman–Crippen MR) is 119 cm³/mol. The number of hydrogen-bond donors (Lipinski definition) is 2. The summed E-state index contributed by atoms with van der Waals surface area (Å²) in [6, 6.07) is 11.7. The summed E-state index contributed by atoms with van der Waals surface area (Å²) in [4.78, 5) is 25.2. The second-order valence-electron chi connectivity index (χ2n) is 8.23. The highest BCUT2D eigenvalue weighted by Gasteiger charge is 2.28. The summed E-state index contributed by atoms with van der Waals surface area (Å²) in [5.74, 6) is -0.585. The Bertz CT molecular complexity index is 1100. The minimum atomic E-state index is -3.64. The SMILES string of the molecule is Cc1ccc(C(=O)Nc2cccc(C(=O)NC3CC3)c2)cc1S(=O)(=O)N1CCCCC1. The molecule has 2 fully saturated rings. The molecule has 2 amide bonds. The van der Waals surface area contributed by atoms with E-state index < -0.39 is 15.9 Å². The van der Waals surface area contributed by atoms with Gasteiger partial charge in [-0.2, -0.15) is 4.31 Å². The second kappa shape index (κ2) is 8.80. The maximum atomic E-state index is 13.1. The first-order valence-corrected chi connectivity index (χ1v) is 12.1. The lowest BCUT2D eigenvalue weighted by Crippen LogP contribution is -2.36. The highest BCUT2D eigenvalue weighted by Crippen LogP contribution is 2.25. The lowest BCUT2D eigenvalue weighted by Gasteiger charge is -2.26. The van der Waals surface area contributed by atoms with Gasteiger partial charge in [0, 0.05) is 35.9 Å². The Labute approximate surface area is 182 Å². The third-order valence-electron chi connectivity index (χ3n) is 5.68. The van der Waals surface area contributed by atoms with Gasteiger partial charge >= 0.3 is 0 Å². The number of rotatable bonds is 6. The van der Waals surface area contributed by atoms with E-state index in [2.05, 4.69) is 10.6 Å². The van der Waals surface area contributed by atoms with Crippen molar-refractivity contribution in [2.75, 3.05) is 18.4 Å². The molecule has 2 N–H and O–H groups in total. The molecule has 31 heavy (non-hydrogen) atoms. The van der Waals surface area contributed by atoms with Gasteiger partial charge < -0.3 is 10.6 Å². The smallest absolute Gasteiger partial charge is 0.255 e. The van der Waals surface area contributed by atoms with E-state index in [0.29, 0.717) is 29.9 Å². The van der Waals surface area contributed by atoms with Crippen molar-refractivity contribution < 1.29 is 18.0 Å². The van der Waals surface area contributed by atoms with Crippen LogP contribution in [0.25, 0.3) is 0 Å². The van der Waals surface area contributed by atoms with Gasteiger partial charge in [-0.05, 0) is 68.5 Å². The number of amides is 2. The molecule has 0 bridgehead atoms. The molecular weight excluding hydrogens is 414 g/mol. The number of sulfonamides is 1. The number of hydrogen-bond acceptors (Lipinski definition) is 4. The van der Waals surface area contributed by atoms with Crippen LogP contribution in [0.1, 0.15) is 58.4 Å². The molecular formula is C23H27N3O4S. The molecule has 1 aliphatic carbocycles. The average Bonchev–Trinajstić information content (AvgIpc) is 3.58. The number of benzene rings is 2. The normalized spacial score (nSPS) is 17.2. The quantitative estimate of drug-likeness (QED) is 0.719. The average molecular weight is 442 g/mol. The highest BCUT2D eigenvalue weighted by atomic mass is 32.2. The van der Waals surface area contributed by atoms with Crippen molar-refractivity contribution in [1.29, 1.82) is 0 Å². The molecule has 8 heteroatoms. The van der Waals surface area contributed by atoms with E-state index in [0.717, 1.165) is 32.1 Å². The summed E-state index contributed by atoms with van der Waals surface area (Å²) < 4.78 is 27.7. The molecule has 2 aliphatic rings. The molecule has 0 atom stereocenters. The summed E-state index contributed by atoms with van der Waals surface area (Å²) in [6.07, 6.45) is 4.73. The number of nitrogens with one attached hydrogen (secondary N) is 2. The number of carbonyl (C=O) groups excluding carboxylic acids is 2. The highest BCUT2D eigenvalue weighted by molar-refractivity contribution is 7.89. The van der Waals surface area contributed by atoms with Crippen LogP contribution in [-0.4, -0.2) is 43.7 Å². The molecule has 7 nitrogen and oxygen atoms in total. The van der Waals surface area contributed by atoms with E-state index >= 15 is 0 Å². The van der Waals surface area contributed by atoms with Crippen molar-refractivity contribution in [3.05, 3.63) is 59.2 Å². The zero-order valence-corrected chi connectivity index (χ0v) is 18.4. The van der Waals surface area contributed by atoms with Gasteiger partial charge in [0.2, 0.25) is 10.0 Å². The van der Waals surface area contributed by atoms with Crippen LogP contribution in [0.5, 0.6) is 0 Å². The molecule has 0 radical (unpaired) electrons. The minimum absolute atomic E-state index is 0.163. The van der Waals surface area contributed by atoms with Gasteiger partial charge in [-0.3, -0.25) is 9.59 Å². The summed E-state index contributed by atoms with van der Waals surface area (Å²) in [7, 11) is -3.64. The Morgan fingerprint density at radius 3 is 2.35 bits per heavy atom. The molecule has 4 rings (SSSR count). The molecule has 2 aromatic carbocycles. The summed E-state index contributed by atoms with van der Waals surface area (Å²) in [5, 5.41) is 5.69. The van der Waals surface area contributed by atoms with Crippen LogP contribution < -0.4 is 10.6 Å². The summed E-state index contributed by atoms with van der Waals surface area (Å²) in [6.45, 7) is 2.75. The zero-order chi connectivity index (χ0) is 22.0. The van der Waals surface area contributed by atoms with Crippen LogP contribution >= 0.6 is 0 Å². The molecule has 0 unspecified atom stereocenters. The van der Waals surface area contributed by atoms with E-state index in [9.17, 15) is 18.0 Å². The number of aryl methyl sites for hydroxylation is 1. The lowest BCUT2D eigenvalue weighted by atomic mass is 10.1. The van der Waals surface area contributed by atoms with Crippen molar-refractivity contribution in [2.24, 2.45) is 0 Å². The third kappa shape index (κ3) is 4.97. The van der Waals surface area contributed by atoms with Gasteiger partial charge in [-0.25, -0.2) is 8.42 Å². The lowest BCUT2D eigenvalue weighted by molar-refractivity contribution is 0.0949. The molecule has 1 saturated carbocycles. The van der Waals surface area contributed by atoms with Crippen LogP contribution in [0.4, 0.5) is 5.69 Å². The number of carbonyl (C=O) groups is 2. The maximum absolute atomic E-state index is 13.1. The molecule has 1 saturated heterocycles. The molecule has 0 aromatic heterocycles. The van der Waals surface area contributed by atoms with Crippen LogP contribution in [0.3, 0.4) is 0 Å². The van der Waals surface area contributed by atoms with E-state index in [-0.39, 0.29) is 22.4 Å². The zero-order valence-electron chi connectivity index (χ0n) is 17.6. The van der Waals surface area contributed by atoms with Crippen LogP contribution in [0.15, 0.2) is 47.4 Å². The van der Waals surface area contributed by atoms with Crippen molar-refractivity contribution in [1.82, 2.24) is 9.62 Å². The van der Waals surface area contributed by atoms with Crippen molar-refractivity contribution in [3.8, 4) is 0 Å². The van der Waals surface area contributed by atoms with E-state index in [1.54, 1.807) is 43.3 Å². The first-order chi connectivity index (χ1) is 14.8. The van der Waals surface area contributed by atoms with Gasteiger partial charge in [0.25, 0.3) is 11.8 Å². The minimum Gasteiger partial charge on any atom is -0.349 e. The Kier molecular flexibility index (Phi) is 6.11. The van der Waals surface area contributed by atoms with E-state index in [1.807, 2.05) is 0 Å². The van der Waals surface area contributed by atoms with Crippen molar-refractivity contribution >= 4 is 27.5 Å². The Hall–Kier alpha value is -2.71. The first kappa shape index (κ1) is 21.5. The van der Waals surface area contributed by atoms with Gasteiger partial charge in [0.1, 0.15) is 0 Å². The monoisotopic (exact) mass is 441 g/mol. The van der Waals surface area contributed by atoms with Gasteiger partial charge in [-0.1, -0.05) is 18.6 Å². The molecule has 1 heterocycles. The Balaban J connectivity index is 1.53. The van der Waals surface area contributed by atoms with Crippen LogP contribution in [0.2, 0.25) is 0 Å². The maximum Gasteiger partial charge on any atom is 0.255 e. The second-order valence-corrected chi connectivity index (χ2v) is 10.1. The van der Waals surface area contributed by atoms with Crippen LogP contribution in [0, 0.1) is 6.92 Å². The Morgan fingerprint density at radius 1 is 0.935 bits per heavy atom. The standard InChI is InChI=1S/C23H27N3O4S/c1-16-8-9-18(15-21(16)31(29,30)26-12-3-2-4-13-26)23(28)25-20-7-5-6-17(14-20)22(27)24-19-10-11-19/h5-9,14-15,19H,2-4,10-13H2,1H3,(H,24,27)(H,25,28). The largest absolute Gasteiger partial charge is 0.349 e. The number of nitrogens with zero attached hydrogens (tertiary/aromatic N) is 1. The topological polar surface area (TPSA) is 95.6 Å². The molecule has 1 aliphatic heterocycles. The fourth-order valence-electron chi connectivity index (χ4n) is 3.70. The molecule has 2 aromatic rings. The van der Waals surface area contributed by atoms with Gasteiger partial charge in [0.05, 0.1) is 4.90 Å². The first-order valence-electron chi connectivity index (χ1n) is 10.7.